The monoisotopic (exact) mass is 555 g/mol. The number of carbonyl (C=O) groups excluding carboxylic acids is 2. The lowest BCUT2D eigenvalue weighted by Crippen LogP contribution is -2.24. The molecule has 5 rings (SSSR count). The molecule has 2 aliphatic rings. The summed E-state index contributed by atoms with van der Waals surface area (Å²) in [6, 6.07) is 10.0. The summed E-state index contributed by atoms with van der Waals surface area (Å²) in [5.74, 6) is 2.13. The summed E-state index contributed by atoms with van der Waals surface area (Å²) in [4.78, 5) is 31.4. The summed E-state index contributed by atoms with van der Waals surface area (Å²) in [6.07, 6.45) is 15.0. The number of pyridine rings is 1. The topological polar surface area (TPSA) is 98.1 Å². The molecule has 0 spiro atoms. The van der Waals surface area contributed by atoms with Crippen LogP contribution < -0.4 is 15.4 Å². The zero-order valence-corrected chi connectivity index (χ0v) is 24.7. The molecule has 8 nitrogen and oxygen atoms in total. The lowest BCUT2D eigenvalue weighted by Gasteiger charge is -2.18. The van der Waals surface area contributed by atoms with Gasteiger partial charge in [0.2, 0.25) is 5.91 Å². The summed E-state index contributed by atoms with van der Waals surface area (Å²) < 4.78 is 7.86. The number of methoxy groups -OCH3 is 1. The zero-order chi connectivity index (χ0) is 29.4. The minimum absolute atomic E-state index is 0.0791. The molecule has 0 aliphatic heterocycles. The fourth-order valence-electron chi connectivity index (χ4n) is 4.30. The number of imidazole rings is 1. The van der Waals surface area contributed by atoms with Crippen molar-refractivity contribution >= 4 is 23.6 Å². The van der Waals surface area contributed by atoms with Gasteiger partial charge >= 0.3 is 0 Å². The molecule has 0 unspecified atom stereocenters. The first kappa shape index (κ1) is 29.8. The number of unbranched alkanes of at least 4 members (excludes halogenated alkanes) is 1. The van der Waals surface area contributed by atoms with Crippen LogP contribution in [0.2, 0.25) is 0 Å². The number of para-hydroxylation sites is 1. The lowest BCUT2D eigenvalue weighted by atomic mass is 10.0. The van der Waals surface area contributed by atoms with E-state index in [4.69, 9.17) is 9.72 Å². The van der Waals surface area contributed by atoms with Crippen LogP contribution in [0.5, 0.6) is 5.75 Å². The molecular weight excluding hydrogens is 514 g/mol. The maximum atomic E-state index is 12.6. The Hall–Kier alpha value is -4.20. The van der Waals surface area contributed by atoms with Crippen LogP contribution in [-0.2, 0) is 16.6 Å². The number of nitrogens with one attached hydrogen (secondary N) is 2. The Labute approximate surface area is 242 Å². The second kappa shape index (κ2) is 13.9. The van der Waals surface area contributed by atoms with Crippen molar-refractivity contribution in [2.75, 3.05) is 12.4 Å². The van der Waals surface area contributed by atoms with E-state index in [1.54, 1.807) is 7.11 Å². The first-order valence-electron chi connectivity index (χ1n) is 14.4. The van der Waals surface area contributed by atoms with Crippen LogP contribution in [0, 0.1) is 25.7 Å². The van der Waals surface area contributed by atoms with E-state index in [-0.39, 0.29) is 11.8 Å². The van der Waals surface area contributed by atoms with Crippen molar-refractivity contribution in [3.05, 3.63) is 77.8 Å². The van der Waals surface area contributed by atoms with Crippen LogP contribution in [0.25, 0.3) is 16.8 Å². The number of amides is 1. The van der Waals surface area contributed by atoms with Crippen LogP contribution in [-0.4, -0.2) is 33.8 Å². The predicted molar refractivity (Wildman–Crippen MR) is 163 cm³/mol. The van der Waals surface area contributed by atoms with Crippen LogP contribution in [0.15, 0.2) is 60.6 Å². The molecule has 1 amide bonds. The van der Waals surface area contributed by atoms with Crippen LogP contribution in [0.1, 0.15) is 62.7 Å². The number of benzene rings is 1. The summed E-state index contributed by atoms with van der Waals surface area (Å²) in [7, 11) is 3.64. The number of hydrogen-bond acceptors (Lipinski definition) is 6. The van der Waals surface area contributed by atoms with Gasteiger partial charge in [0.25, 0.3) is 0 Å². The largest absolute Gasteiger partial charge is 0.494 e. The number of nitrogens with zero attached hydrogens (tertiary/aromatic N) is 3. The number of aromatic nitrogens is 3. The van der Waals surface area contributed by atoms with Gasteiger partial charge in [-0.1, -0.05) is 37.6 Å². The Bertz CT molecular complexity index is 1410. The number of anilines is 1. The molecule has 2 aromatic heterocycles. The van der Waals surface area contributed by atoms with Gasteiger partial charge in [-0.3, -0.25) is 9.78 Å². The smallest absolute Gasteiger partial charge is 0.227 e. The summed E-state index contributed by atoms with van der Waals surface area (Å²) in [5, 5.41) is 6.68. The second-order valence-corrected chi connectivity index (χ2v) is 10.8. The predicted octanol–water partition coefficient (Wildman–Crippen LogP) is 6.37. The number of hydrogen-bond donors (Lipinski definition) is 2. The van der Waals surface area contributed by atoms with Gasteiger partial charge in [-0.15, -0.1) is 0 Å². The molecule has 3 aromatic rings. The SMILES string of the molecule is CCC/C=C(/C=C(/Nc1cccc(-c2ccc(C)nc2)c1OC)c1nc(C)cn1C)NC(=O)C1CC1.O=CC1CC1. The fourth-order valence-corrected chi connectivity index (χ4v) is 4.30. The summed E-state index contributed by atoms with van der Waals surface area (Å²) in [5.41, 5.74) is 6.12. The highest BCUT2D eigenvalue weighted by Crippen LogP contribution is 2.38. The van der Waals surface area contributed by atoms with Gasteiger partial charge in [0.05, 0.1) is 24.2 Å². The number of allylic oxidation sites excluding steroid dienone is 2. The van der Waals surface area contributed by atoms with Gasteiger partial charge in [0.1, 0.15) is 12.0 Å². The van der Waals surface area contributed by atoms with Gasteiger partial charge in [-0.05, 0) is 64.2 Å². The van der Waals surface area contributed by atoms with E-state index in [0.717, 1.165) is 90.2 Å². The third kappa shape index (κ3) is 8.39. The van der Waals surface area contributed by atoms with E-state index in [1.165, 1.54) is 0 Å². The molecule has 2 fully saturated rings. The maximum absolute atomic E-state index is 12.6. The van der Waals surface area contributed by atoms with Gasteiger partial charge in [-0.25, -0.2) is 4.98 Å². The Balaban J connectivity index is 0.000000699. The highest BCUT2D eigenvalue weighted by molar-refractivity contribution is 5.86. The number of carbonyl (C=O) groups is 2. The fraction of sp³-hybridized carbons (Fsp3) is 0.394. The maximum Gasteiger partial charge on any atom is 0.227 e. The Morgan fingerprint density at radius 1 is 1.12 bits per heavy atom. The standard InChI is InChI=1S/C29H35N5O2.C4H6O/c1-6-7-9-23(32-29(35)21-14-15-21)16-26(28-31-20(3)18-34(28)4)33-25-11-8-10-24(27(25)36-5)22-13-12-19(2)30-17-22;5-3-4-1-2-4/h8-13,16-18,21,33H,6-7,14-15H2,1-5H3,(H,32,35);3-4H,1-2H2/b23-9-,26-16+;. The molecule has 0 bridgehead atoms. The van der Waals surface area contributed by atoms with E-state index in [0.29, 0.717) is 11.7 Å². The zero-order valence-electron chi connectivity index (χ0n) is 24.7. The molecule has 216 valence electrons. The van der Waals surface area contributed by atoms with Crippen molar-refractivity contribution in [3.8, 4) is 16.9 Å². The molecule has 0 radical (unpaired) electrons. The second-order valence-electron chi connectivity index (χ2n) is 10.8. The number of aryl methyl sites for hydroxylation is 3. The Morgan fingerprint density at radius 2 is 1.90 bits per heavy atom. The Morgan fingerprint density at radius 3 is 2.44 bits per heavy atom. The van der Waals surface area contributed by atoms with E-state index < -0.39 is 0 Å². The van der Waals surface area contributed by atoms with Crippen molar-refractivity contribution in [2.24, 2.45) is 18.9 Å². The molecule has 2 N–H and O–H groups in total. The molecule has 2 heterocycles. The van der Waals surface area contributed by atoms with E-state index >= 15 is 0 Å². The number of aldehydes is 1. The first-order chi connectivity index (χ1) is 19.8. The number of rotatable bonds is 11. The van der Waals surface area contributed by atoms with Crippen LogP contribution >= 0.6 is 0 Å². The first-order valence-corrected chi connectivity index (χ1v) is 14.4. The average Bonchev–Trinajstić information content (AvgIpc) is 3.89. The van der Waals surface area contributed by atoms with E-state index in [2.05, 4.69) is 28.6 Å². The highest BCUT2D eigenvalue weighted by Gasteiger charge is 2.30. The molecule has 0 atom stereocenters. The normalized spacial score (nSPS) is 15.0. The van der Waals surface area contributed by atoms with Gasteiger partial charge in [-0.2, -0.15) is 0 Å². The molecule has 1 aromatic carbocycles. The average molecular weight is 556 g/mol. The van der Waals surface area contributed by atoms with Crippen molar-refractivity contribution < 1.29 is 14.3 Å². The molecular formula is C33H41N5O3. The van der Waals surface area contributed by atoms with Gasteiger partial charge in [0.15, 0.2) is 5.82 Å². The van der Waals surface area contributed by atoms with Crippen molar-refractivity contribution in [1.29, 1.82) is 0 Å². The quantitative estimate of drug-likeness (QED) is 0.211. The minimum Gasteiger partial charge on any atom is -0.494 e. The third-order valence-corrected chi connectivity index (χ3v) is 6.93. The number of ether oxygens (including phenoxy) is 1. The molecule has 2 aliphatic carbocycles. The van der Waals surface area contributed by atoms with E-state index in [9.17, 15) is 9.59 Å². The van der Waals surface area contributed by atoms with Crippen LogP contribution in [0.3, 0.4) is 0 Å². The highest BCUT2D eigenvalue weighted by atomic mass is 16.5. The van der Waals surface area contributed by atoms with Gasteiger partial charge < -0.3 is 24.7 Å². The lowest BCUT2D eigenvalue weighted by molar-refractivity contribution is -0.121. The molecule has 0 saturated heterocycles. The van der Waals surface area contributed by atoms with Crippen molar-refractivity contribution in [2.45, 2.75) is 59.3 Å². The summed E-state index contributed by atoms with van der Waals surface area (Å²) in [6.45, 7) is 6.06. The molecule has 41 heavy (non-hydrogen) atoms. The van der Waals surface area contributed by atoms with Gasteiger partial charge in [0, 0.05) is 53.8 Å². The van der Waals surface area contributed by atoms with Crippen molar-refractivity contribution in [1.82, 2.24) is 19.9 Å². The Kier molecular flexibility index (Phi) is 10.1. The van der Waals surface area contributed by atoms with Crippen LogP contribution in [0.4, 0.5) is 5.69 Å². The summed E-state index contributed by atoms with van der Waals surface area (Å²) >= 11 is 0. The third-order valence-electron chi connectivity index (χ3n) is 6.93. The van der Waals surface area contributed by atoms with E-state index in [1.807, 2.05) is 74.3 Å². The van der Waals surface area contributed by atoms with Crippen molar-refractivity contribution in [3.63, 3.8) is 0 Å². The molecule has 2 saturated carbocycles. The molecule has 8 heteroatoms. The minimum atomic E-state index is 0.0791.